The Labute approximate surface area is 105 Å². The molecule has 0 aliphatic carbocycles. The first-order chi connectivity index (χ1) is 8.56. The fourth-order valence-electron chi connectivity index (χ4n) is 1.93. The van der Waals surface area contributed by atoms with Gasteiger partial charge in [0.15, 0.2) is 0 Å². The van der Waals surface area contributed by atoms with Crippen LogP contribution in [0.2, 0.25) is 0 Å². The Morgan fingerprint density at radius 1 is 1.50 bits per heavy atom. The lowest BCUT2D eigenvalue weighted by Crippen LogP contribution is -2.47. The number of carbonyl (C=O) groups is 2. The summed E-state index contributed by atoms with van der Waals surface area (Å²) >= 11 is 0. The topological polar surface area (TPSA) is 58.2 Å². The molecule has 1 atom stereocenters. The molecule has 0 bridgehead atoms. The molecular formula is C13H15FN2O2. The zero-order chi connectivity index (χ0) is 13.1. The molecule has 0 saturated carbocycles. The van der Waals surface area contributed by atoms with Gasteiger partial charge in [0.2, 0.25) is 5.91 Å². The van der Waals surface area contributed by atoms with Crippen LogP contribution in [0.15, 0.2) is 18.2 Å². The van der Waals surface area contributed by atoms with Gasteiger partial charge in [0, 0.05) is 19.0 Å². The zero-order valence-corrected chi connectivity index (χ0v) is 10.1. The minimum absolute atomic E-state index is 0.0118. The normalized spacial score (nSPS) is 19.2. The molecule has 2 amide bonds. The smallest absolute Gasteiger partial charge is 0.254 e. The van der Waals surface area contributed by atoms with Gasteiger partial charge in [-0.05, 0) is 25.5 Å². The van der Waals surface area contributed by atoms with Crippen molar-refractivity contribution >= 4 is 11.8 Å². The molecule has 0 radical (unpaired) electrons. The Morgan fingerprint density at radius 2 is 2.28 bits per heavy atom. The summed E-state index contributed by atoms with van der Waals surface area (Å²) < 4.78 is 13.5. The van der Waals surface area contributed by atoms with Crippen molar-refractivity contribution in [3.8, 4) is 0 Å². The van der Waals surface area contributed by atoms with Gasteiger partial charge >= 0.3 is 0 Å². The lowest BCUT2D eigenvalue weighted by molar-refractivity contribution is -0.122. The fraction of sp³-hybridized carbons (Fsp3) is 0.385. The Kier molecular flexibility index (Phi) is 3.60. The lowest BCUT2D eigenvalue weighted by atomic mass is 10.1. The van der Waals surface area contributed by atoms with Crippen molar-refractivity contribution in [3.05, 3.63) is 35.1 Å². The van der Waals surface area contributed by atoms with Crippen LogP contribution in [0.3, 0.4) is 0 Å². The van der Waals surface area contributed by atoms with Crippen molar-refractivity contribution in [2.75, 3.05) is 6.54 Å². The van der Waals surface area contributed by atoms with Gasteiger partial charge in [0.1, 0.15) is 5.82 Å². The van der Waals surface area contributed by atoms with Crippen LogP contribution in [0, 0.1) is 12.7 Å². The summed E-state index contributed by atoms with van der Waals surface area (Å²) in [7, 11) is 0. The largest absolute Gasteiger partial charge is 0.354 e. The molecule has 96 valence electrons. The minimum Gasteiger partial charge on any atom is -0.354 e. The van der Waals surface area contributed by atoms with Crippen molar-refractivity contribution in [1.82, 2.24) is 10.6 Å². The standard InChI is InChI=1S/C13H15FN2O2/c1-8-2-4-11(14)10(6-8)13(18)16-9-3-5-12(17)15-7-9/h2,4,6,9H,3,5,7H2,1H3,(H,15,17)(H,16,18). The first-order valence-corrected chi connectivity index (χ1v) is 5.90. The molecule has 2 N–H and O–H groups in total. The van der Waals surface area contributed by atoms with Crippen LogP contribution in [0.5, 0.6) is 0 Å². The van der Waals surface area contributed by atoms with E-state index in [1.54, 1.807) is 13.0 Å². The predicted octanol–water partition coefficient (Wildman–Crippen LogP) is 1.14. The third-order valence-electron chi connectivity index (χ3n) is 2.97. The molecule has 1 aliphatic rings. The van der Waals surface area contributed by atoms with E-state index in [0.29, 0.717) is 19.4 Å². The molecule has 1 saturated heterocycles. The summed E-state index contributed by atoms with van der Waals surface area (Å²) in [4.78, 5) is 22.9. The summed E-state index contributed by atoms with van der Waals surface area (Å²) in [6.07, 6.45) is 0.978. The van der Waals surface area contributed by atoms with Crippen molar-refractivity contribution in [2.24, 2.45) is 0 Å². The summed E-state index contributed by atoms with van der Waals surface area (Å²) in [5, 5.41) is 5.40. The van der Waals surface area contributed by atoms with Gasteiger partial charge < -0.3 is 10.6 Å². The van der Waals surface area contributed by atoms with E-state index in [1.807, 2.05) is 0 Å². The number of hydrogen-bond donors (Lipinski definition) is 2. The Bertz CT molecular complexity index is 478. The predicted molar refractivity (Wildman–Crippen MR) is 64.6 cm³/mol. The summed E-state index contributed by atoms with van der Waals surface area (Å²) in [6.45, 7) is 2.20. The molecule has 0 aromatic heterocycles. The molecule has 1 aromatic carbocycles. The van der Waals surface area contributed by atoms with E-state index in [2.05, 4.69) is 10.6 Å². The Balaban J connectivity index is 2.03. The first kappa shape index (κ1) is 12.5. The van der Waals surface area contributed by atoms with E-state index >= 15 is 0 Å². The maximum absolute atomic E-state index is 13.5. The van der Waals surface area contributed by atoms with Crippen LogP contribution < -0.4 is 10.6 Å². The third-order valence-corrected chi connectivity index (χ3v) is 2.97. The third kappa shape index (κ3) is 2.85. The zero-order valence-electron chi connectivity index (χ0n) is 10.1. The molecule has 18 heavy (non-hydrogen) atoms. The van der Waals surface area contributed by atoms with Crippen LogP contribution in [-0.2, 0) is 4.79 Å². The summed E-state index contributed by atoms with van der Waals surface area (Å²) in [6, 6.07) is 4.29. The molecule has 1 fully saturated rings. The molecule has 1 heterocycles. The fourth-order valence-corrected chi connectivity index (χ4v) is 1.93. The van der Waals surface area contributed by atoms with E-state index < -0.39 is 11.7 Å². The van der Waals surface area contributed by atoms with E-state index in [4.69, 9.17) is 0 Å². The molecule has 2 rings (SSSR count). The van der Waals surface area contributed by atoms with Gasteiger partial charge in [-0.2, -0.15) is 0 Å². The van der Waals surface area contributed by atoms with Crippen LogP contribution in [0.25, 0.3) is 0 Å². The van der Waals surface area contributed by atoms with Gasteiger partial charge in [0.25, 0.3) is 5.91 Å². The molecule has 0 spiro atoms. The summed E-state index contributed by atoms with van der Waals surface area (Å²) in [5.41, 5.74) is 0.880. The molecule has 1 aromatic rings. The molecule has 5 heteroatoms. The highest BCUT2D eigenvalue weighted by Gasteiger charge is 2.21. The van der Waals surface area contributed by atoms with Crippen LogP contribution in [0.1, 0.15) is 28.8 Å². The molecule has 1 unspecified atom stereocenters. The van der Waals surface area contributed by atoms with E-state index in [-0.39, 0.29) is 17.5 Å². The monoisotopic (exact) mass is 250 g/mol. The average Bonchev–Trinajstić information content (AvgIpc) is 2.35. The number of amides is 2. The number of halogens is 1. The second-order valence-electron chi connectivity index (χ2n) is 4.50. The van der Waals surface area contributed by atoms with Crippen LogP contribution >= 0.6 is 0 Å². The van der Waals surface area contributed by atoms with Gasteiger partial charge in [0.05, 0.1) is 5.56 Å². The highest BCUT2D eigenvalue weighted by Crippen LogP contribution is 2.11. The number of aryl methyl sites for hydroxylation is 1. The number of benzene rings is 1. The van der Waals surface area contributed by atoms with Crippen molar-refractivity contribution in [1.29, 1.82) is 0 Å². The highest BCUT2D eigenvalue weighted by atomic mass is 19.1. The van der Waals surface area contributed by atoms with E-state index in [0.717, 1.165) is 5.56 Å². The molecular weight excluding hydrogens is 235 g/mol. The van der Waals surface area contributed by atoms with Gasteiger partial charge in [-0.1, -0.05) is 11.6 Å². The van der Waals surface area contributed by atoms with Gasteiger partial charge in [-0.15, -0.1) is 0 Å². The first-order valence-electron chi connectivity index (χ1n) is 5.90. The lowest BCUT2D eigenvalue weighted by Gasteiger charge is -2.23. The van der Waals surface area contributed by atoms with Crippen molar-refractivity contribution in [2.45, 2.75) is 25.8 Å². The molecule has 4 nitrogen and oxygen atoms in total. The summed E-state index contributed by atoms with van der Waals surface area (Å²) in [5.74, 6) is -0.975. The van der Waals surface area contributed by atoms with E-state index in [1.165, 1.54) is 12.1 Å². The number of piperidine rings is 1. The van der Waals surface area contributed by atoms with Crippen LogP contribution in [-0.4, -0.2) is 24.4 Å². The second kappa shape index (κ2) is 5.16. The van der Waals surface area contributed by atoms with Gasteiger partial charge in [-0.3, -0.25) is 9.59 Å². The maximum atomic E-state index is 13.5. The number of carbonyl (C=O) groups excluding carboxylic acids is 2. The maximum Gasteiger partial charge on any atom is 0.254 e. The van der Waals surface area contributed by atoms with Gasteiger partial charge in [-0.25, -0.2) is 4.39 Å². The van der Waals surface area contributed by atoms with Crippen molar-refractivity contribution < 1.29 is 14.0 Å². The number of nitrogens with one attached hydrogen (secondary N) is 2. The number of rotatable bonds is 2. The SMILES string of the molecule is Cc1ccc(F)c(C(=O)NC2CCC(=O)NC2)c1. The Morgan fingerprint density at radius 3 is 2.94 bits per heavy atom. The highest BCUT2D eigenvalue weighted by molar-refractivity contribution is 5.95. The number of hydrogen-bond acceptors (Lipinski definition) is 2. The Hall–Kier alpha value is -1.91. The minimum atomic E-state index is -0.530. The van der Waals surface area contributed by atoms with Crippen LogP contribution in [0.4, 0.5) is 4.39 Å². The second-order valence-corrected chi connectivity index (χ2v) is 4.50. The molecule has 1 aliphatic heterocycles. The van der Waals surface area contributed by atoms with Crippen molar-refractivity contribution in [3.63, 3.8) is 0 Å². The average molecular weight is 250 g/mol. The van der Waals surface area contributed by atoms with E-state index in [9.17, 15) is 14.0 Å². The quantitative estimate of drug-likeness (QED) is 0.827.